The summed E-state index contributed by atoms with van der Waals surface area (Å²) < 4.78 is 1.75. The van der Waals surface area contributed by atoms with Gasteiger partial charge in [-0.05, 0) is 45.7 Å². The average molecular weight is 323 g/mol. The molecule has 0 unspecified atom stereocenters. The third-order valence-corrected chi connectivity index (χ3v) is 3.37. The zero-order valence-electron chi connectivity index (χ0n) is 12.0. The highest BCUT2D eigenvalue weighted by Crippen LogP contribution is 2.07. The van der Waals surface area contributed by atoms with E-state index in [2.05, 4.69) is 15.7 Å². The van der Waals surface area contributed by atoms with E-state index >= 15 is 0 Å². The Hall–Kier alpha value is -0.780. The molecule has 1 saturated heterocycles. The Morgan fingerprint density at radius 2 is 2.25 bits per heavy atom. The van der Waals surface area contributed by atoms with Crippen LogP contribution >= 0.6 is 24.8 Å². The van der Waals surface area contributed by atoms with Crippen LogP contribution in [0, 0.1) is 13.8 Å². The summed E-state index contributed by atoms with van der Waals surface area (Å²) in [7, 11) is 0. The lowest BCUT2D eigenvalue weighted by atomic mass is 10.1. The van der Waals surface area contributed by atoms with E-state index in [0.29, 0.717) is 12.6 Å². The van der Waals surface area contributed by atoms with E-state index in [1.165, 1.54) is 12.8 Å². The fourth-order valence-corrected chi connectivity index (χ4v) is 2.42. The number of nitrogens with one attached hydrogen (secondary N) is 2. The molecule has 1 atom stereocenters. The summed E-state index contributed by atoms with van der Waals surface area (Å²) in [6, 6.07) is 2.56. The molecular weight excluding hydrogens is 299 g/mol. The van der Waals surface area contributed by atoms with Gasteiger partial charge in [-0.1, -0.05) is 0 Å². The molecular formula is C13H24Cl2N4O. The molecule has 0 radical (unpaired) electrons. The molecule has 1 aromatic heterocycles. The number of rotatable bonds is 5. The predicted octanol–water partition coefficient (Wildman–Crippen LogP) is 1.60. The Morgan fingerprint density at radius 3 is 2.80 bits per heavy atom. The summed E-state index contributed by atoms with van der Waals surface area (Å²) in [5.74, 6) is 0.0409. The summed E-state index contributed by atoms with van der Waals surface area (Å²) in [6.07, 6.45) is 3.50. The van der Waals surface area contributed by atoms with Crippen molar-refractivity contribution in [3.63, 3.8) is 0 Å². The van der Waals surface area contributed by atoms with Crippen LogP contribution in [0.4, 0.5) is 0 Å². The molecule has 1 aliphatic heterocycles. The number of aromatic nitrogens is 2. The maximum Gasteiger partial charge on any atom is 0.241 e. The second kappa shape index (κ2) is 9.21. The molecule has 1 fully saturated rings. The van der Waals surface area contributed by atoms with Gasteiger partial charge >= 0.3 is 0 Å². The van der Waals surface area contributed by atoms with E-state index in [0.717, 1.165) is 30.9 Å². The van der Waals surface area contributed by atoms with E-state index in [1.807, 2.05) is 19.9 Å². The normalized spacial score (nSPS) is 17.2. The van der Waals surface area contributed by atoms with Crippen molar-refractivity contribution >= 4 is 30.7 Å². The standard InChI is InChI=1S/C13H22N4O.2ClH/c1-10-8-11(2)17(16-10)9-13(18)15-7-5-12-4-3-6-14-12;;/h8,12,14H,3-7,9H2,1-2H3,(H,15,18);2*1H/t12-;;/m1../s1. The summed E-state index contributed by atoms with van der Waals surface area (Å²) in [6.45, 7) is 6.08. The van der Waals surface area contributed by atoms with Crippen LogP contribution in [0.3, 0.4) is 0 Å². The summed E-state index contributed by atoms with van der Waals surface area (Å²) in [4.78, 5) is 11.8. The Morgan fingerprint density at radius 1 is 1.50 bits per heavy atom. The van der Waals surface area contributed by atoms with Crippen molar-refractivity contribution in [2.24, 2.45) is 0 Å². The first-order chi connectivity index (χ1) is 8.65. The van der Waals surface area contributed by atoms with Gasteiger partial charge < -0.3 is 10.6 Å². The van der Waals surface area contributed by atoms with Gasteiger partial charge in [0.15, 0.2) is 0 Å². The summed E-state index contributed by atoms with van der Waals surface area (Å²) in [5, 5.41) is 10.7. The van der Waals surface area contributed by atoms with E-state index in [1.54, 1.807) is 4.68 Å². The molecule has 0 spiro atoms. The highest BCUT2D eigenvalue weighted by molar-refractivity contribution is 5.85. The fourth-order valence-electron chi connectivity index (χ4n) is 2.42. The van der Waals surface area contributed by atoms with Crippen LogP contribution in [0.5, 0.6) is 0 Å². The van der Waals surface area contributed by atoms with Crippen molar-refractivity contribution in [2.75, 3.05) is 13.1 Å². The van der Waals surface area contributed by atoms with Crippen molar-refractivity contribution in [2.45, 2.75) is 45.7 Å². The highest BCUT2D eigenvalue weighted by Gasteiger charge is 2.14. The molecule has 1 aliphatic rings. The third-order valence-electron chi connectivity index (χ3n) is 3.37. The quantitative estimate of drug-likeness (QED) is 0.865. The SMILES string of the molecule is Cc1cc(C)n(CC(=O)NCC[C@H]2CCCN2)n1.Cl.Cl. The molecule has 1 aromatic rings. The monoisotopic (exact) mass is 322 g/mol. The number of carbonyl (C=O) groups excluding carboxylic acids is 1. The van der Waals surface area contributed by atoms with Crippen LogP contribution in [0.15, 0.2) is 6.07 Å². The van der Waals surface area contributed by atoms with Crippen molar-refractivity contribution in [1.82, 2.24) is 20.4 Å². The first-order valence-corrected chi connectivity index (χ1v) is 6.66. The Bertz CT molecular complexity index is 417. The fraction of sp³-hybridized carbons (Fsp3) is 0.692. The molecule has 0 saturated carbocycles. The lowest BCUT2D eigenvalue weighted by Crippen LogP contribution is -2.33. The van der Waals surface area contributed by atoms with Gasteiger partial charge in [-0.15, -0.1) is 24.8 Å². The number of nitrogens with zero attached hydrogens (tertiary/aromatic N) is 2. The number of aryl methyl sites for hydroxylation is 2. The predicted molar refractivity (Wildman–Crippen MR) is 84.8 cm³/mol. The van der Waals surface area contributed by atoms with E-state index in [9.17, 15) is 4.79 Å². The molecule has 2 rings (SSSR count). The van der Waals surface area contributed by atoms with Crippen LogP contribution in [0.1, 0.15) is 30.7 Å². The Labute approximate surface area is 132 Å². The average Bonchev–Trinajstić information content (AvgIpc) is 2.90. The van der Waals surface area contributed by atoms with Gasteiger partial charge in [0.25, 0.3) is 0 Å². The van der Waals surface area contributed by atoms with Crippen LogP contribution in [-0.4, -0.2) is 34.8 Å². The molecule has 2 heterocycles. The number of amides is 1. The maximum absolute atomic E-state index is 11.8. The molecule has 0 aliphatic carbocycles. The molecule has 20 heavy (non-hydrogen) atoms. The summed E-state index contributed by atoms with van der Waals surface area (Å²) >= 11 is 0. The zero-order valence-corrected chi connectivity index (χ0v) is 13.6. The van der Waals surface area contributed by atoms with Crippen molar-refractivity contribution < 1.29 is 4.79 Å². The minimum absolute atomic E-state index is 0. The van der Waals surface area contributed by atoms with Gasteiger partial charge in [0.1, 0.15) is 6.54 Å². The minimum Gasteiger partial charge on any atom is -0.354 e. The highest BCUT2D eigenvalue weighted by atomic mass is 35.5. The lowest BCUT2D eigenvalue weighted by Gasteiger charge is -2.11. The van der Waals surface area contributed by atoms with Gasteiger partial charge in [0, 0.05) is 18.3 Å². The second-order valence-electron chi connectivity index (χ2n) is 5.02. The molecule has 2 N–H and O–H groups in total. The second-order valence-corrected chi connectivity index (χ2v) is 5.02. The number of hydrogen-bond donors (Lipinski definition) is 2. The van der Waals surface area contributed by atoms with Gasteiger partial charge in [-0.2, -0.15) is 5.10 Å². The zero-order chi connectivity index (χ0) is 13.0. The first-order valence-electron chi connectivity index (χ1n) is 6.66. The van der Waals surface area contributed by atoms with Gasteiger partial charge in [-0.3, -0.25) is 9.48 Å². The number of carbonyl (C=O) groups is 1. The maximum atomic E-state index is 11.8. The van der Waals surface area contributed by atoms with Crippen molar-refractivity contribution in [1.29, 1.82) is 0 Å². The Kier molecular flexibility index (Phi) is 8.85. The molecule has 5 nitrogen and oxygen atoms in total. The molecule has 116 valence electrons. The lowest BCUT2D eigenvalue weighted by molar-refractivity contribution is -0.121. The molecule has 1 amide bonds. The van der Waals surface area contributed by atoms with Crippen molar-refractivity contribution in [3.8, 4) is 0 Å². The smallest absolute Gasteiger partial charge is 0.241 e. The van der Waals surface area contributed by atoms with Crippen LogP contribution < -0.4 is 10.6 Å². The number of halogens is 2. The third kappa shape index (κ3) is 5.69. The van der Waals surface area contributed by atoms with Crippen molar-refractivity contribution in [3.05, 3.63) is 17.5 Å². The van der Waals surface area contributed by atoms with Crippen LogP contribution in [0.25, 0.3) is 0 Å². The van der Waals surface area contributed by atoms with Crippen LogP contribution in [-0.2, 0) is 11.3 Å². The topological polar surface area (TPSA) is 59.0 Å². The van der Waals surface area contributed by atoms with E-state index in [4.69, 9.17) is 0 Å². The molecule has 7 heteroatoms. The molecule has 0 aromatic carbocycles. The molecule has 0 bridgehead atoms. The van der Waals surface area contributed by atoms with Crippen LogP contribution in [0.2, 0.25) is 0 Å². The van der Waals surface area contributed by atoms with E-state index in [-0.39, 0.29) is 30.7 Å². The van der Waals surface area contributed by atoms with E-state index < -0.39 is 0 Å². The van der Waals surface area contributed by atoms with Gasteiger partial charge in [0.05, 0.1) is 5.69 Å². The minimum atomic E-state index is 0. The summed E-state index contributed by atoms with van der Waals surface area (Å²) in [5.41, 5.74) is 1.98. The first kappa shape index (κ1) is 19.2. The van der Waals surface area contributed by atoms with Gasteiger partial charge in [-0.25, -0.2) is 0 Å². The largest absolute Gasteiger partial charge is 0.354 e. The Balaban J connectivity index is 0.00000180. The van der Waals surface area contributed by atoms with Gasteiger partial charge in [0.2, 0.25) is 5.91 Å². The number of hydrogen-bond acceptors (Lipinski definition) is 3.